The zero-order valence-corrected chi connectivity index (χ0v) is 19.2. The van der Waals surface area contributed by atoms with Crippen LogP contribution in [0.2, 0.25) is 0 Å². The van der Waals surface area contributed by atoms with Gasteiger partial charge in [-0.2, -0.15) is 5.10 Å². The molecule has 0 unspecified atom stereocenters. The fourth-order valence-electron chi connectivity index (χ4n) is 3.47. The van der Waals surface area contributed by atoms with Gasteiger partial charge < -0.3 is 14.6 Å². The van der Waals surface area contributed by atoms with Crippen molar-refractivity contribution in [2.24, 2.45) is 5.10 Å². The molecule has 0 bridgehead atoms. The molecule has 0 spiro atoms. The van der Waals surface area contributed by atoms with E-state index in [4.69, 9.17) is 9.47 Å². The van der Waals surface area contributed by atoms with E-state index in [1.54, 1.807) is 6.21 Å². The van der Waals surface area contributed by atoms with Gasteiger partial charge in [-0.25, -0.2) is 5.43 Å². The number of rotatable bonds is 5. The summed E-state index contributed by atoms with van der Waals surface area (Å²) < 4.78 is 10.6. The molecule has 2 aromatic carbocycles. The maximum Gasteiger partial charge on any atom is 0.240 e. The summed E-state index contributed by atoms with van der Waals surface area (Å²) in [6.45, 7) is 12.7. The highest BCUT2D eigenvalue weighted by molar-refractivity contribution is 5.83. The second kappa shape index (κ2) is 8.61. The Morgan fingerprint density at radius 1 is 1.03 bits per heavy atom. The Hall–Kier alpha value is -3.02. The molecule has 2 N–H and O–H groups in total. The third-order valence-corrected chi connectivity index (χ3v) is 5.23. The first kappa shape index (κ1) is 22.7. The highest BCUT2D eigenvalue weighted by atomic mass is 16.7. The molecule has 1 amide bonds. The Morgan fingerprint density at radius 3 is 2.26 bits per heavy atom. The number of hydrogen-bond acceptors (Lipinski definition) is 5. The molecule has 0 radical (unpaired) electrons. The largest absolute Gasteiger partial charge is 0.507 e. The van der Waals surface area contributed by atoms with Crippen LogP contribution in [-0.2, 0) is 22.0 Å². The minimum Gasteiger partial charge on any atom is -0.507 e. The van der Waals surface area contributed by atoms with Gasteiger partial charge in [-0.05, 0) is 57.7 Å². The van der Waals surface area contributed by atoms with Crippen LogP contribution in [0.5, 0.6) is 17.2 Å². The van der Waals surface area contributed by atoms with Crippen LogP contribution in [0.15, 0.2) is 35.4 Å². The summed E-state index contributed by atoms with van der Waals surface area (Å²) in [6.07, 6.45) is 2.45. The molecule has 1 heterocycles. The predicted molar refractivity (Wildman–Crippen MR) is 122 cm³/mol. The molecule has 6 nitrogen and oxygen atoms in total. The lowest BCUT2D eigenvalue weighted by atomic mass is 9.78. The van der Waals surface area contributed by atoms with Gasteiger partial charge >= 0.3 is 0 Å². The van der Waals surface area contributed by atoms with Crippen molar-refractivity contribution in [1.82, 2.24) is 5.43 Å². The Labute approximate surface area is 184 Å². The molecule has 0 atom stereocenters. The molecule has 31 heavy (non-hydrogen) atoms. The Bertz CT molecular complexity index is 963. The summed E-state index contributed by atoms with van der Waals surface area (Å²) in [5.74, 6) is 1.56. The average Bonchev–Trinajstić information content (AvgIpc) is 3.13. The fourth-order valence-corrected chi connectivity index (χ4v) is 3.47. The fraction of sp³-hybridized carbons (Fsp3) is 0.440. The number of carbonyl (C=O) groups is 1. The van der Waals surface area contributed by atoms with Crippen molar-refractivity contribution in [1.29, 1.82) is 0 Å². The summed E-state index contributed by atoms with van der Waals surface area (Å²) in [6, 6.07) is 9.50. The van der Waals surface area contributed by atoms with Gasteiger partial charge in [-0.3, -0.25) is 4.79 Å². The lowest BCUT2D eigenvalue weighted by molar-refractivity contribution is -0.121. The number of fused-ring (bicyclic) bond motifs is 1. The van der Waals surface area contributed by atoms with Gasteiger partial charge in [-0.1, -0.05) is 53.7 Å². The van der Waals surface area contributed by atoms with Gasteiger partial charge in [0.25, 0.3) is 0 Å². The number of benzene rings is 2. The summed E-state index contributed by atoms with van der Waals surface area (Å²) >= 11 is 0. The van der Waals surface area contributed by atoms with E-state index in [0.717, 1.165) is 22.3 Å². The van der Waals surface area contributed by atoms with Crippen LogP contribution in [-0.4, -0.2) is 24.0 Å². The van der Waals surface area contributed by atoms with Gasteiger partial charge in [0.1, 0.15) is 5.75 Å². The third kappa shape index (κ3) is 5.57. The van der Waals surface area contributed by atoms with Crippen molar-refractivity contribution in [3.63, 3.8) is 0 Å². The average molecular weight is 425 g/mol. The van der Waals surface area contributed by atoms with Crippen LogP contribution in [0.25, 0.3) is 0 Å². The van der Waals surface area contributed by atoms with Crippen LogP contribution < -0.4 is 14.9 Å². The van der Waals surface area contributed by atoms with Gasteiger partial charge in [0, 0.05) is 6.42 Å². The summed E-state index contributed by atoms with van der Waals surface area (Å²) in [4.78, 5) is 12.3. The number of amides is 1. The number of hydrogen-bond donors (Lipinski definition) is 2. The number of phenols is 1. The normalized spacial score (nSPS) is 13.6. The van der Waals surface area contributed by atoms with Crippen molar-refractivity contribution >= 4 is 12.1 Å². The van der Waals surface area contributed by atoms with Crippen molar-refractivity contribution in [3.05, 3.63) is 52.6 Å². The maximum absolute atomic E-state index is 12.3. The van der Waals surface area contributed by atoms with E-state index in [0.29, 0.717) is 30.1 Å². The van der Waals surface area contributed by atoms with Crippen molar-refractivity contribution in [2.45, 2.75) is 65.2 Å². The zero-order valence-electron chi connectivity index (χ0n) is 19.2. The van der Waals surface area contributed by atoms with E-state index in [2.05, 4.69) is 52.1 Å². The number of hydrazone groups is 1. The molecule has 0 saturated heterocycles. The van der Waals surface area contributed by atoms with Crippen LogP contribution >= 0.6 is 0 Å². The minimum atomic E-state index is -0.197. The number of phenolic OH excluding ortho intramolecular Hbond substituents is 1. The van der Waals surface area contributed by atoms with Crippen LogP contribution in [0.3, 0.4) is 0 Å². The number of aryl methyl sites for hydroxylation is 1. The first-order valence-corrected chi connectivity index (χ1v) is 10.5. The molecule has 6 heteroatoms. The monoisotopic (exact) mass is 424 g/mol. The van der Waals surface area contributed by atoms with Gasteiger partial charge in [-0.15, -0.1) is 0 Å². The molecule has 166 valence electrons. The standard InChI is InChI=1S/C25H32N2O4/c1-24(2,3)18-11-16(12-19(23(18)29)25(4,5)6)8-10-22(28)27-26-14-17-7-9-20-21(13-17)31-15-30-20/h7,9,11-14,29H,8,10,15H2,1-6H3,(H,27,28)/b26-14+. The highest BCUT2D eigenvalue weighted by Gasteiger charge is 2.26. The van der Waals surface area contributed by atoms with E-state index >= 15 is 0 Å². The topological polar surface area (TPSA) is 80.2 Å². The third-order valence-electron chi connectivity index (χ3n) is 5.23. The van der Waals surface area contributed by atoms with Crippen molar-refractivity contribution in [2.75, 3.05) is 6.79 Å². The molecule has 2 aromatic rings. The summed E-state index contributed by atoms with van der Waals surface area (Å²) in [5.41, 5.74) is 5.83. The molecule has 0 aliphatic carbocycles. The van der Waals surface area contributed by atoms with E-state index in [9.17, 15) is 9.90 Å². The maximum atomic E-state index is 12.3. The summed E-state index contributed by atoms with van der Waals surface area (Å²) in [5, 5.41) is 14.9. The van der Waals surface area contributed by atoms with Gasteiger partial charge in [0.05, 0.1) is 6.21 Å². The van der Waals surface area contributed by atoms with Crippen LogP contribution in [0, 0.1) is 0 Å². The number of aromatic hydroxyl groups is 1. The van der Waals surface area contributed by atoms with E-state index < -0.39 is 0 Å². The minimum absolute atomic E-state index is 0.167. The van der Waals surface area contributed by atoms with Crippen LogP contribution in [0.1, 0.15) is 70.2 Å². The number of nitrogens with zero attached hydrogens (tertiary/aromatic N) is 1. The second-order valence-electron chi connectivity index (χ2n) is 9.95. The summed E-state index contributed by atoms with van der Waals surface area (Å²) in [7, 11) is 0. The molecule has 3 rings (SSSR count). The van der Waals surface area contributed by atoms with Gasteiger partial charge in [0.15, 0.2) is 11.5 Å². The Morgan fingerprint density at radius 2 is 1.65 bits per heavy atom. The predicted octanol–water partition coefficient (Wildman–Crippen LogP) is 4.80. The van der Waals surface area contributed by atoms with E-state index in [-0.39, 0.29) is 23.5 Å². The zero-order chi connectivity index (χ0) is 22.8. The SMILES string of the molecule is CC(C)(C)c1cc(CCC(=O)N/N=C/c2ccc3c(c2)OCO3)cc(C(C)(C)C)c1O. The Kier molecular flexibility index (Phi) is 6.30. The van der Waals surface area contributed by atoms with E-state index in [1.807, 2.05) is 30.3 Å². The molecule has 1 aliphatic heterocycles. The van der Waals surface area contributed by atoms with Gasteiger partial charge in [0.2, 0.25) is 12.7 Å². The number of ether oxygens (including phenoxy) is 2. The molecule has 0 saturated carbocycles. The van der Waals surface area contributed by atoms with E-state index in [1.165, 1.54) is 0 Å². The first-order valence-electron chi connectivity index (χ1n) is 10.5. The quantitative estimate of drug-likeness (QED) is 0.534. The Balaban J connectivity index is 1.65. The smallest absolute Gasteiger partial charge is 0.240 e. The molecule has 0 aromatic heterocycles. The molecule has 0 fully saturated rings. The lowest BCUT2D eigenvalue weighted by Gasteiger charge is -2.28. The highest BCUT2D eigenvalue weighted by Crippen LogP contribution is 2.40. The lowest BCUT2D eigenvalue weighted by Crippen LogP contribution is -2.20. The molecular formula is C25H32N2O4. The number of carbonyl (C=O) groups excluding carboxylic acids is 1. The second-order valence-corrected chi connectivity index (χ2v) is 9.95. The first-order chi connectivity index (χ1) is 14.4. The van der Waals surface area contributed by atoms with Crippen molar-refractivity contribution < 1.29 is 19.4 Å². The number of nitrogens with one attached hydrogen (secondary N) is 1. The molecular weight excluding hydrogens is 392 g/mol. The van der Waals surface area contributed by atoms with Crippen molar-refractivity contribution in [3.8, 4) is 17.2 Å². The van der Waals surface area contributed by atoms with Crippen LogP contribution in [0.4, 0.5) is 0 Å². The molecule has 1 aliphatic rings.